The maximum absolute atomic E-state index is 14.1. The number of hydrogen-bond donors (Lipinski definition) is 3. The molecule has 1 aliphatic heterocycles. The Kier molecular flexibility index (Phi) is 12.9. The van der Waals surface area contributed by atoms with Crippen LogP contribution in [-0.2, 0) is 20.7 Å². The molecule has 1 heterocycles. The molecule has 2 amide bonds. The van der Waals surface area contributed by atoms with Crippen LogP contribution in [-0.4, -0.2) is 73.2 Å². The summed E-state index contributed by atoms with van der Waals surface area (Å²) in [5, 5.41) is 15.7. The van der Waals surface area contributed by atoms with E-state index in [1.807, 2.05) is 30.3 Å². The molecule has 12 heteroatoms. The van der Waals surface area contributed by atoms with Gasteiger partial charge in [-0.3, -0.25) is 9.59 Å². The van der Waals surface area contributed by atoms with Crippen molar-refractivity contribution >= 4 is 76.3 Å². The molecule has 236 valence electrons. The molecular formula is C33H31Cl4N3O5. The summed E-state index contributed by atoms with van der Waals surface area (Å²) in [6.07, 6.45) is 2.71. The number of piperidine rings is 1. The fourth-order valence-corrected chi connectivity index (χ4v) is 5.37. The number of benzene rings is 3. The molecule has 0 spiro atoms. The monoisotopic (exact) mass is 689 g/mol. The Morgan fingerprint density at radius 2 is 1.38 bits per heavy atom. The minimum absolute atomic E-state index is 0.0843. The van der Waals surface area contributed by atoms with E-state index in [4.69, 9.17) is 56.2 Å². The first-order valence-corrected chi connectivity index (χ1v) is 15.6. The summed E-state index contributed by atoms with van der Waals surface area (Å²) in [6.45, 7) is 1.14. The van der Waals surface area contributed by atoms with Crippen molar-refractivity contribution in [1.82, 2.24) is 15.5 Å². The van der Waals surface area contributed by atoms with Crippen LogP contribution in [0.2, 0.25) is 20.1 Å². The Bertz CT molecular complexity index is 1520. The fourth-order valence-electron chi connectivity index (χ4n) is 4.76. The van der Waals surface area contributed by atoms with E-state index in [9.17, 15) is 14.4 Å². The molecule has 8 nitrogen and oxygen atoms in total. The second kappa shape index (κ2) is 16.8. The molecule has 0 unspecified atom stereocenters. The quantitative estimate of drug-likeness (QED) is 0.145. The van der Waals surface area contributed by atoms with Crippen LogP contribution >= 0.6 is 46.4 Å². The number of ether oxygens (including phenoxy) is 1. The molecular weight excluding hydrogens is 660 g/mol. The fraction of sp³-hybridized carbons (Fsp3) is 0.242. The number of ketones is 1. The van der Waals surface area contributed by atoms with Gasteiger partial charge >= 0.3 is 6.09 Å². The van der Waals surface area contributed by atoms with E-state index in [2.05, 4.69) is 10.6 Å². The number of amides is 2. The third kappa shape index (κ3) is 10.3. The van der Waals surface area contributed by atoms with Gasteiger partial charge in [0.25, 0.3) is 0 Å². The summed E-state index contributed by atoms with van der Waals surface area (Å²) in [6, 6.07) is 19.1. The molecule has 0 radical (unpaired) electrons. The van der Waals surface area contributed by atoms with Gasteiger partial charge in [0.1, 0.15) is 0 Å². The molecule has 1 saturated heterocycles. The molecule has 0 aliphatic carbocycles. The normalized spacial score (nSPS) is 15.8. The topological polar surface area (TPSA) is 108 Å². The van der Waals surface area contributed by atoms with Crippen molar-refractivity contribution in [2.75, 3.05) is 39.4 Å². The van der Waals surface area contributed by atoms with Crippen molar-refractivity contribution in [3.8, 4) is 0 Å². The SMILES string of the molecule is O=C(O)NCCOCCN[C@@H](Cc1ccccc1)C(=O)N1C/C(=C\c2ccc(Cl)c(Cl)c2)C(=O)/C(=C/c2ccc(Cl)c(Cl)c2)C1. The van der Waals surface area contributed by atoms with E-state index >= 15 is 0 Å². The van der Waals surface area contributed by atoms with Gasteiger partial charge in [-0.05, 0) is 59.5 Å². The predicted molar refractivity (Wildman–Crippen MR) is 179 cm³/mol. The number of carbonyl (C=O) groups is 3. The Morgan fingerprint density at radius 3 is 1.91 bits per heavy atom. The van der Waals surface area contributed by atoms with Crippen LogP contribution in [0.1, 0.15) is 16.7 Å². The molecule has 3 aromatic rings. The van der Waals surface area contributed by atoms with Gasteiger partial charge in [-0.1, -0.05) is 88.9 Å². The molecule has 0 aromatic heterocycles. The third-order valence-electron chi connectivity index (χ3n) is 6.93. The first kappa shape index (κ1) is 34.5. The smallest absolute Gasteiger partial charge is 0.404 e. The Hall–Kier alpha value is -3.37. The zero-order chi connectivity index (χ0) is 32.3. The van der Waals surface area contributed by atoms with Crippen molar-refractivity contribution in [3.05, 3.63) is 115 Å². The first-order chi connectivity index (χ1) is 21.6. The van der Waals surface area contributed by atoms with Crippen LogP contribution in [0.25, 0.3) is 12.2 Å². The minimum atomic E-state index is -1.12. The van der Waals surface area contributed by atoms with E-state index in [0.29, 0.717) is 55.3 Å². The number of carbonyl (C=O) groups excluding carboxylic acids is 2. The molecule has 0 bridgehead atoms. The lowest BCUT2D eigenvalue weighted by atomic mass is 9.93. The zero-order valence-corrected chi connectivity index (χ0v) is 27.1. The van der Waals surface area contributed by atoms with Crippen LogP contribution in [0.4, 0.5) is 4.79 Å². The lowest BCUT2D eigenvalue weighted by Crippen LogP contribution is -2.52. The van der Waals surface area contributed by atoms with Gasteiger partial charge in [0.05, 0.1) is 39.3 Å². The second-order valence-corrected chi connectivity index (χ2v) is 11.9. The Balaban J connectivity index is 1.60. The van der Waals surface area contributed by atoms with E-state index in [1.54, 1.807) is 53.5 Å². The van der Waals surface area contributed by atoms with Crippen molar-refractivity contribution in [2.24, 2.45) is 0 Å². The zero-order valence-electron chi connectivity index (χ0n) is 24.1. The highest BCUT2D eigenvalue weighted by Gasteiger charge is 2.32. The molecule has 0 saturated carbocycles. The van der Waals surface area contributed by atoms with E-state index in [0.717, 1.165) is 5.56 Å². The molecule has 3 N–H and O–H groups in total. The highest BCUT2D eigenvalue weighted by molar-refractivity contribution is 6.42. The molecule has 1 fully saturated rings. The van der Waals surface area contributed by atoms with Gasteiger partial charge in [-0.25, -0.2) is 4.79 Å². The average molecular weight is 691 g/mol. The Labute approximate surface area is 281 Å². The van der Waals surface area contributed by atoms with Crippen LogP contribution in [0, 0.1) is 0 Å². The lowest BCUT2D eigenvalue weighted by molar-refractivity contribution is -0.133. The number of nitrogens with zero attached hydrogens (tertiary/aromatic N) is 1. The van der Waals surface area contributed by atoms with Crippen molar-refractivity contribution in [1.29, 1.82) is 0 Å². The van der Waals surface area contributed by atoms with Crippen LogP contribution < -0.4 is 10.6 Å². The first-order valence-electron chi connectivity index (χ1n) is 14.1. The lowest BCUT2D eigenvalue weighted by Gasteiger charge is -2.33. The maximum Gasteiger partial charge on any atom is 0.404 e. The highest BCUT2D eigenvalue weighted by atomic mass is 35.5. The van der Waals surface area contributed by atoms with Gasteiger partial charge in [0.2, 0.25) is 5.91 Å². The number of likely N-dealkylation sites (tertiary alicyclic amines) is 1. The summed E-state index contributed by atoms with van der Waals surface area (Å²) in [4.78, 5) is 40.2. The van der Waals surface area contributed by atoms with Crippen LogP contribution in [0.5, 0.6) is 0 Å². The van der Waals surface area contributed by atoms with E-state index < -0.39 is 12.1 Å². The number of hydrogen-bond acceptors (Lipinski definition) is 5. The van der Waals surface area contributed by atoms with E-state index in [1.165, 1.54) is 0 Å². The standard InChI is InChI=1S/C33H31Cl4N3O5/c34-26-8-6-22(16-28(26)36)14-24-19-40(20-25(31(24)41)15-23-7-9-27(35)29(37)17-23)32(42)30(18-21-4-2-1-3-5-21)38-10-12-45-13-11-39-33(43)44/h1-9,14-17,30,38-39H,10-13,18-20H2,(H,43,44)/b24-14+,25-15+/t30-/m0/s1. The summed E-state index contributed by atoms with van der Waals surface area (Å²) in [7, 11) is 0. The van der Waals surface area contributed by atoms with Crippen LogP contribution in [0.3, 0.4) is 0 Å². The van der Waals surface area contributed by atoms with Gasteiger partial charge in [0, 0.05) is 37.3 Å². The Morgan fingerprint density at radius 1 is 0.822 bits per heavy atom. The average Bonchev–Trinajstić information content (AvgIpc) is 3.01. The number of Topliss-reactive ketones (excluding diaryl/α,β-unsaturated/α-hetero) is 1. The predicted octanol–water partition coefficient (Wildman–Crippen LogP) is 6.66. The number of carboxylic acid groups (broad SMARTS) is 1. The van der Waals surface area contributed by atoms with Crippen molar-refractivity contribution < 1.29 is 24.2 Å². The second-order valence-electron chi connectivity index (χ2n) is 10.3. The minimum Gasteiger partial charge on any atom is -0.465 e. The summed E-state index contributed by atoms with van der Waals surface area (Å²) in [5.74, 6) is -0.397. The molecule has 1 atom stereocenters. The molecule has 3 aromatic carbocycles. The molecule has 4 rings (SSSR count). The van der Waals surface area contributed by atoms with Gasteiger partial charge in [0.15, 0.2) is 5.78 Å². The largest absolute Gasteiger partial charge is 0.465 e. The summed E-state index contributed by atoms with van der Waals surface area (Å²) >= 11 is 24.7. The summed E-state index contributed by atoms with van der Waals surface area (Å²) in [5.41, 5.74) is 3.12. The maximum atomic E-state index is 14.1. The van der Waals surface area contributed by atoms with Crippen molar-refractivity contribution in [3.63, 3.8) is 0 Å². The molecule has 45 heavy (non-hydrogen) atoms. The van der Waals surface area contributed by atoms with Gasteiger partial charge in [-0.15, -0.1) is 0 Å². The number of rotatable bonds is 12. The van der Waals surface area contributed by atoms with Crippen LogP contribution in [0.15, 0.2) is 77.9 Å². The highest BCUT2D eigenvalue weighted by Crippen LogP contribution is 2.28. The molecule has 1 aliphatic rings. The van der Waals surface area contributed by atoms with Gasteiger partial charge < -0.3 is 25.4 Å². The number of nitrogens with one attached hydrogen (secondary N) is 2. The third-order valence-corrected chi connectivity index (χ3v) is 8.41. The van der Waals surface area contributed by atoms with E-state index in [-0.39, 0.29) is 44.5 Å². The summed E-state index contributed by atoms with van der Waals surface area (Å²) < 4.78 is 5.51. The van der Waals surface area contributed by atoms with Gasteiger partial charge in [-0.2, -0.15) is 0 Å². The van der Waals surface area contributed by atoms with Crippen molar-refractivity contribution in [2.45, 2.75) is 12.5 Å². The number of halogens is 4.